The first-order chi connectivity index (χ1) is 11.8. The molecule has 9 heteroatoms. The van der Waals surface area contributed by atoms with Crippen molar-refractivity contribution in [3.8, 4) is 0 Å². The van der Waals surface area contributed by atoms with Crippen molar-refractivity contribution in [3.63, 3.8) is 0 Å². The SMILES string of the molecule is COCCNS(=O)(=O)c1cccc(C(=O)Nc2c(C)nn(C)c2C)c1. The third-order valence-electron chi connectivity index (χ3n) is 3.75. The molecule has 0 bridgehead atoms. The normalized spacial score (nSPS) is 11.5. The Balaban J connectivity index is 2.22. The van der Waals surface area contributed by atoms with E-state index in [9.17, 15) is 13.2 Å². The molecule has 0 saturated carbocycles. The molecule has 1 aromatic heterocycles. The Morgan fingerprint density at radius 3 is 2.64 bits per heavy atom. The van der Waals surface area contributed by atoms with E-state index >= 15 is 0 Å². The molecule has 0 spiro atoms. The molecule has 1 aromatic carbocycles. The summed E-state index contributed by atoms with van der Waals surface area (Å²) in [6, 6.07) is 5.87. The highest BCUT2D eigenvalue weighted by molar-refractivity contribution is 7.89. The molecule has 0 saturated heterocycles. The summed E-state index contributed by atoms with van der Waals surface area (Å²) >= 11 is 0. The van der Waals surface area contributed by atoms with Crippen LogP contribution < -0.4 is 10.0 Å². The predicted molar refractivity (Wildman–Crippen MR) is 94.1 cm³/mol. The Morgan fingerprint density at radius 1 is 1.32 bits per heavy atom. The van der Waals surface area contributed by atoms with Crippen LogP contribution in [0.3, 0.4) is 0 Å². The molecule has 0 unspecified atom stereocenters. The van der Waals surface area contributed by atoms with Crippen LogP contribution in [0, 0.1) is 13.8 Å². The van der Waals surface area contributed by atoms with Gasteiger partial charge >= 0.3 is 0 Å². The number of aromatic nitrogens is 2. The molecule has 1 amide bonds. The van der Waals surface area contributed by atoms with Crippen LogP contribution in [-0.2, 0) is 21.8 Å². The lowest BCUT2D eigenvalue weighted by Gasteiger charge is -2.09. The molecule has 8 nitrogen and oxygen atoms in total. The van der Waals surface area contributed by atoms with E-state index < -0.39 is 15.9 Å². The van der Waals surface area contributed by atoms with Crippen LogP contribution in [-0.4, -0.2) is 44.4 Å². The quantitative estimate of drug-likeness (QED) is 0.717. The van der Waals surface area contributed by atoms with Gasteiger partial charge in [0.1, 0.15) is 0 Å². The first kappa shape index (κ1) is 19.1. The fraction of sp³-hybridized carbons (Fsp3) is 0.375. The van der Waals surface area contributed by atoms with Gasteiger partial charge in [0.05, 0.1) is 28.6 Å². The number of nitrogens with one attached hydrogen (secondary N) is 2. The molecule has 0 atom stereocenters. The number of methoxy groups -OCH3 is 1. The fourth-order valence-electron chi connectivity index (χ4n) is 2.31. The van der Waals surface area contributed by atoms with Crippen molar-refractivity contribution in [1.29, 1.82) is 0 Å². The number of ether oxygens (including phenoxy) is 1. The Morgan fingerprint density at radius 2 is 2.04 bits per heavy atom. The van der Waals surface area contributed by atoms with E-state index in [-0.39, 0.29) is 23.6 Å². The highest BCUT2D eigenvalue weighted by atomic mass is 32.2. The van der Waals surface area contributed by atoms with E-state index in [1.54, 1.807) is 24.7 Å². The van der Waals surface area contributed by atoms with Crippen LogP contribution in [0.15, 0.2) is 29.2 Å². The van der Waals surface area contributed by atoms with Gasteiger partial charge in [-0.15, -0.1) is 0 Å². The summed E-state index contributed by atoms with van der Waals surface area (Å²) in [5.74, 6) is -0.395. The number of nitrogens with zero attached hydrogens (tertiary/aromatic N) is 2. The average Bonchev–Trinajstić information content (AvgIpc) is 2.81. The van der Waals surface area contributed by atoms with Gasteiger partial charge in [-0.3, -0.25) is 9.48 Å². The largest absolute Gasteiger partial charge is 0.383 e. The van der Waals surface area contributed by atoms with Gasteiger partial charge in [-0.1, -0.05) is 6.07 Å². The maximum absolute atomic E-state index is 12.5. The number of rotatable bonds is 7. The second-order valence-electron chi connectivity index (χ2n) is 5.54. The molecular weight excluding hydrogens is 344 g/mol. The molecule has 2 aromatic rings. The lowest BCUT2D eigenvalue weighted by atomic mass is 10.2. The number of carbonyl (C=O) groups excluding carboxylic acids is 1. The predicted octanol–water partition coefficient (Wildman–Crippen LogP) is 1.21. The van der Waals surface area contributed by atoms with Crippen LogP contribution in [0.4, 0.5) is 5.69 Å². The zero-order chi connectivity index (χ0) is 18.6. The Bertz CT molecular complexity index is 874. The summed E-state index contributed by atoms with van der Waals surface area (Å²) in [7, 11) is -0.424. The summed E-state index contributed by atoms with van der Waals surface area (Å²) in [5, 5.41) is 7.03. The van der Waals surface area contributed by atoms with Crippen molar-refractivity contribution >= 4 is 21.6 Å². The molecule has 136 valence electrons. The van der Waals surface area contributed by atoms with Crippen molar-refractivity contribution in [2.24, 2.45) is 7.05 Å². The first-order valence-electron chi connectivity index (χ1n) is 7.66. The molecule has 0 fully saturated rings. The van der Waals surface area contributed by atoms with E-state index in [4.69, 9.17) is 4.74 Å². The van der Waals surface area contributed by atoms with Crippen molar-refractivity contribution in [1.82, 2.24) is 14.5 Å². The number of hydrogen-bond acceptors (Lipinski definition) is 5. The van der Waals surface area contributed by atoms with E-state index in [1.807, 2.05) is 6.92 Å². The fourth-order valence-corrected chi connectivity index (χ4v) is 3.36. The van der Waals surface area contributed by atoms with Crippen LogP contribution in [0.2, 0.25) is 0 Å². The van der Waals surface area contributed by atoms with Crippen molar-refractivity contribution in [2.45, 2.75) is 18.7 Å². The number of anilines is 1. The van der Waals surface area contributed by atoms with Crippen LogP contribution in [0.1, 0.15) is 21.7 Å². The highest BCUT2D eigenvalue weighted by Gasteiger charge is 2.18. The van der Waals surface area contributed by atoms with Gasteiger partial charge in [0.15, 0.2) is 0 Å². The summed E-state index contributed by atoms with van der Waals surface area (Å²) in [6.07, 6.45) is 0. The van der Waals surface area contributed by atoms with Crippen LogP contribution in [0.25, 0.3) is 0 Å². The van der Waals surface area contributed by atoms with E-state index in [2.05, 4.69) is 15.1 Å². The minimum atomic E-state index is -3.70. The lowest BCUT2D eigenvalue weighted by molar-refractivity contribution is 0.102. The minimum absolute atomic E-state index is 0.0240. The number of benzene rings is 1. The standard InChI is InChI=1S/C16H22N4O4S/c1-11-15(12(2)20(3)19-11)18-16(21)13-6-5-7-14(10-13)25(22,23)17-8-9-24-4/h5-7,10,17H,8-9H2,1-4H3,(H,18,21). The second kappa shape index (κ2) is 7.77. The molecule has 2 rings (SSSR count). The molecule has 0 aliphatic heterocycles. The number of sulfonamides is 1. The first-order valence-corrected chi connectivity index (χ1v) is 9.15. The van der Waals surface area contributed by atoms with Gasteiger partial charge < -0.3 is 10.1 Å². The summed E-state index contributed by atoms with van der Waals surface area (Å²) in [4.78, 5) is 12.5. The Kier molecular flexibility index (Phi) is 5.93. The van der Waals surface area contributed by atoms with Gasteiger partial charge in [-0.2, -0.15) is 5.10 Å². The van der Waals surface area contributed by atoms with Gasteiger partial charge in [-0.05, 0) is 32.0 Å². The molecular formula is C16H22N4O4S. The van der Waals surface area contributed by atoms with Crippen molar-refractivity contribution < 1.29 is 17.9 Å². The molecule has 2 N–H and O–H groups in total. The Hall–Kier alpha value is -2.23. The number of hydrogen-bond donors (Lipinski definition) is 2. The van der Waals surface area contributed by atoms with Gasteiger partial charge in [0.25, 0.3) is 5.91 Å². The second-order valence-corrected chi connectivity index (χ2v) is 7.31. The monoisotopic (exact) mass is 366 g/mol. The molecule has 0 radical (unpaired) electrons. The smallest absolute Gasteiger partial charge is 0.255 e. The third-order valence-corrected chi connectivity index (χ3v) is 5.21. The Labute approximate surface area is 147 Å². The van der Waals surface area contributed by atoms with E-state index in [0.29, 0.717) is 11.4 Å². The summed E-state index contributed by atoms with van der Waals surface area (Å²) in [5.41, 5.74) is 2.38. The minimum Gasteiger partial charge on any atom is -0.383 e. The van der Waals surface area contributed by atoms with Crippen molar-refractivity contribution in [2.75, 3.05) is 25.6 Å². The maximum atomic E-state index is 12.5. The molecule has 0 aliphatic rings. The molecule has 0 aliphatic carbocycles. The zero-order valence-electron chi connectivity index (χ0n) is 14.7. The molecule has 25 heavy (non-hydrogen) atoms. The highest BCUT2D eigenvalue weighted by Crippen LogP contribution is 2.20. The maximum Gasteiger partial charge on any atom is 0.255 e. The summed E-state index contributed by atoms with van der Waals surface area (Å²) < 4.78 is 33.4. The third kappa shape index (κ3) is 4.44. The number of carbonyl (C=O) groups is 1. The number of amides is 1. The van der Waals surface area contributed by atoms with E-state index in [1.165, 1.54) is 25.3 Å². The number of aryl methyl sites for hydroxylation is 2. The van der Waals surface area contributed by atoms with E-state index in [0.717, 1.165) is 5.69 Å². The van der Waals surface area contributed by atoms with Gasteiger partial charge in [0.2, 0.25) is 10.0 Å². The van der Waals surface area contributed by atoms with Crippen LogP contribution in [0.5, 0.6) is 0 Å². The van der Waals surface area contributed by atoms with Crippen LogP contribution >= 0.6 is 0 Å². The van der Waals surface area contributed by atoms with Gasteiger partial charge in [0, 0.05) is 26.3 Å². The summed E-state index contributed by atoms with van der Waals surface area (Å²) in [6.45, 7) is 4.06. The lowest BCUT2D eigenvalue weighted by Crippen LogP contribution is -2.27. The van der Waals surface area contributed by atoms with Gasteiger partial charge in [-0.25, -0.2) is 13.1 Å². The topological polar surface area (TPSA) is 102 Å². The van der Waals surface area contributed by atoms with Crippen molar-refractivity contribution in [3.05, 3.63) is 41.2 Å². The molecule has 1 heterocycles. The zero-order valence-corrected chi connectivity index (χ0v) is 15.5. The average molecular weight is 366 g/mol.